The molecule has 4 heteroatoms. The fourth-order valence-electron chi connectivity index (χ4n) is 4.09. The van der Waals surface area contributed by atoms with Crippen molar-refractivity contribution in [2.45, 2.75) is 39.2 Å². The van der Waals surface area contributed by atoms with Gasteiger partial charge in [-0.2, -0.15) is 0 Å². The van der Waals surface area contributed by atoms with Crippen LogP contribution < -0.4 is 5.32 Å². The molecule has 0 bridgehead atoms. The van der Waals surface area contributed by atoms with Gasteiger partial charge in [-0.3, -0.25) is 9.69 Å². The second kappa shape index (κ2) is 5.30. The molecule has 4 nitrogen and oxygen atoms in total. The van der Waals surface area contributed by atoms with E-state index < -0.39 is 0 Å². The Kier molecular flexibility index (Phi) is 3.80. The van der Waals surface area contributed by atoms with Gasteiger partial charge in [0.2, 0.25) is 5.91 Å². The normalized spacial score (nSPS) is 32.6. The summed E-state index contributed by atoms with van der Waals surface area (Å²) in [5.41, 5.74) is 0.240. The van der Waals surface area contributed by atoms with Gasteiger partial charge in [0.1, 0.15) is 0 Å². The Bertz CT molecular complexity index is 356. The molecule has 3 aliphatic rings. The summed E-state index contributed by atoms with van der Waals surface area (Å²) < 4.78 is 0. The average molecular weight is 279 g/mol. The molecule has 3 heterocycles. The van der Waals surface area contributed by atoms with E-state index in [1.807, 2.05) is 0 Å². The molecule has 1 amide bonds. The number of fused-ring (bicyclic) bond motifs is 1. The van der Waals surface area contributed by atoms with Crippen molar-refractivity contribution in [3.8, 4) is 0 Å². The number of nitrogens with one attached hydrogen (secondary N) is 1. The minimum Gasteiger partial charge on any atom is -0.342 e. The van der Waals surface area contributed by atoms with Gasteiger partial charge < -0.3 is 10.2 Å². The van der Waals surface area contributed by atoms with Crippen LogP contribution in [0.3, 0.4) is 0 Å². The van der Waals surface area contributed by atoms with Crippen LogP contribution in [0.1, 0.15) is 33.6 Å². The lowest BCUT2D eigenvalue weighted by atomic mass is 9.92. The van der Waals surface area contributed by atoms with E-state index in [0.29, 0.717) is 17.7 Å². The fraction of sp³-hybridized carbons (Fsp3) is 0.938. The van der Waals surface area contributed by atoms with Gasteiger partial charge >= 0.3 is 0 Å². The van der Waals surface area contributed by atoms with Gasteiger partial charge in [0.15, 0.2) is 0 Å². The number of likely N-dealkylation sites (tertiary alicyclic amines) is 2. The maximum Gasteiger partial charge on any atom is 0.225 e. The molecule has 3 saturated heterocycles. The van der Waals surface area contributed by atoms with Crippen LogP contribution >= 0.6 is 0 Å². The Morgan fingerprint density at radius 1 is 1.05 bits per heavy atom. The van der Waals surface area contributed by atoms with Crippen LogP contribution in [0.5, 0.6) is 0 Å². The van der Waals surface area contributed by atoms with Gasteiger partial charge in [0.05, 0.1) is 0 Å². The molecule has 0 spiro atoms. The molecule has 2 unspecified atom stereocenters. The van der Waals surface area contributed by atoms with Crippen molar-refractivity contribution < 1.29 is 4.79 Å². The van der Waals surface area contributed by atoms with Crippen molar-refractivity contribution in [2.24, 2.45) is 17.8 Å². The molecule has 3 fully saturated rings. The molecule has 3 aliphatic heterocycles. The topological polar surface area (TPSA) is 35.6 Å². The molecule has 0 aliphatic carbocycles. The highest BCUT2D eigenvalue weighted by Gasteiger charge is 2.40. The molecule has 20 heavy (non-hydrogen) atoms. The molecule has 0 aromatic heterocycles. The molecule has 3 rings (SSSR count). The summed E-state index contributed by atoms with van der Waals surface area (Å²) in [4.78, 5) is 17.3. The number of piperidine rings is 1. The first kappa shape index (κ1) is 14.3. The van der Waals surface area contributed by atoms with Gasteiger partial charge in [-0.05, 0) is 58.5 Å². The molecule has 0 aromatic rings. The highest BCUT2D eigenvalue weighted by molar-refractivity contribution is 5.79. The van der Waals surface area contributed by atoms with Gasteiger partial charge in [-0.1, -0.05) is 0 Å². The summed E-state index contributed by atoms with van der Waals surface area (Å²) in [6.07, 6.45) is 2.08. The van der Waals surface area contributed by atoms with Crippen molar-refractivity contribution in [1.29, 1.82) is 0 Å². The number of hydrogen-bond donors (Lipinski definition) is 1. The first-order chi connectivity index (χ1) is 9.45. The van der Waals surface area contributed by atoms with Crippen LogP contribution in [0.2, 0.25) is 0 Å². The molecule has 0 radical (unpaired) electrons. The second-order valence-corrected chi connectivity index (χ2v) is 7.85. The van der Waals surface area contributed by atoms with Crippen molar-refractivity contribution in [1.82, 2.24) is 15.1 Å². The van der Waals surface area contributed by atoms with Crippen LogP contribution in [-0.4, -0.2) is 60.5 Å². The average Bonchev–Trinajstić information content (AvgIpc) is 2.97. The Hall–Kier alpha value is -0.610. The zero-order valence-electron chi connectivity index (χ0n) is 13.2. The van der Waals surface area contributed by atoms with E-state index in [1.54, 1.807) is 0 Å². The number of carbonyl (C=O) groups excluding carboxylic acids is 1. The van der Waals surface area contributed by atoms with Gasteiger partial charge in [-0.25, -0.2) is 0 Å². The lowest BCUT2D eigenvalue weighted by Crippen LogP contribution is -2.49. The molecule has 0 saturated carbocycles. The molecular formula is C16H29N3O. The van der Waals surface area contributed by atoms with E-state index in [4.69, 9.17) is 0 Å². The van der Waals surface area contributed by atoms with Crippen molar-refractivity contribution in [3.05, 3.63) is 0 Å². The number of nitrogens with zero attached hydrogens (tertiary/aromatic N) is 2. The van der Waals surface area contributed by atoms with Gasteiger partial charge in [0.25, 0.3) is 0 Å². The second-order valence-electron chi connectivity index (χ2n) is 7.85. The summed E-state index contributed by atoms with van der Waals surface area (Å²) in [6.45, 7) is 13.2. The summed E-state index contributed by atoms with van der Waals surface area (Å²) in [5.74, 6) is 2.15. The standard InChI is InChI=1S/C16H29N3O/c1-16(2,3)19-6-4-12(5-7-19)15(20)18-10-13-8-17-9-14(13)11-18/h12-14,17H,4-11H2,1-3H3. The molecule has 1 N–H and O–H groups in total. The minimum atomic E-state index is 0.240. The first-order valence-electron chi connectivity index (χ1n) is 8.19. The SMILES string of the molecule is CC(C)(C)N1CCC(C(=O)N2CC3CNCC3C2)CC1. The van der Waals surface area contributed by atoms with E-state index in [2.05, 4.69) is 35.9 Å². The van der Waals surface area contributed by atoms with Crippen LogP contribution in [0.25, 0.3) is 0 Å². The van der Waals surface area contributed by atoms with E-state index >= 15 is 0 Å². The van der Waals surface area contributed by atoms with Crippen molar-refractivity contribution in [2.75, 3.05) is 39.3 Å². The lowest BCUT2D eigenvalue weighted by Gasteiger charge is -2.41. The Morgan fingerprint density at radius 2 is 1.60 bits per heavy atom. The Morgan fingerprint density at radius 3 is 2.10 bits per heavy atom. The third-order valence-electron chi connectivity index (χ3n) is 5.49. The Labute approximate surface area is 122 Å². The van der Waals surface area contributed by atoms with Crippen molar-refractivity contribution in [3.63, 3.8) is 0 Å². The highest BCUT2D eigenvalue weighted by Crippen LogP contribution is 2.30. The summed E-state index contributed by atoms with van der Waals surface area (Å²) in [5, 5.41) is 3.44. The van der Waals surface area contributed by atoms with Crippen molar-refractivity contribution >= 4 is 5.91 Å². The Balaban J connectivity index is 1.52. The fourth-order valence-corrected chi connectivity index (χ4v) is 4.09. The molecule has 2 atom stereocenters. The van der Waals surface area contributed by atoms with Crippen LogP contribution in [-0.2, 0) is 4.79 Å². The smallest absolute Gasteiger partial charge is 0.225 e. The third-order valence-corrected chi connectivity index (χ3v) is 5.49. The number of rotatable bonds is 1. The maximum absolute atomic E-state index is 12.7. The van der Waals surface area contributed by atoms with Crippen LogP contribution in [0, 0.1) is 17.8 Å². The predicted octanol–water partition coefficient (Wildman–Crippen LogP) is 1.17. The van der Waals surface area contributed by atoms with Gasteiger partial charge in [-0.15, -0.1) is 0 Å². The van der Waals surface area contributed by atoms with Gasteiger partial charge in [0, 0.05) is 37.6 Å². The minimum absolute atomic E-state index is 0.240. The van der Waals surface area contributed by atoms with Crippen LogP contribution in [0.4, 0.5) is 0 Å². The molecule has 114 valence electrons. The molecule has 0 aromatic carbocycles. The lowest BCUT2D eigenvalue weighted by molar-refractivity contribution is -0.136. The zero-order valence-corrected chi connectivity index (χ0v) is 13.2. The zero-order chi connectivity index (χ0) is 14.3. The third kappa shape index (κ3) is 2.73. The van der Waals surface area contributed by atoms with Crippen LogP contribution in [0.15, 0.2) is 0 Å². The number of amides is 1. The van der Waals surface area contributed by atoms with E-state index in [-0.39, 0.29) is 11.5 Å². The van der Waals surface area contributed by atoms with E-state index in [1.165, 1.54) is 0 Å². The number of carbonyl (C=O) groups is 1. The molecular weight excluding hydrogens is 250 g/mol. The number of hydrogen-bond acceptors (Lipinski definition) is 3. The first-order valence-corrected chi connectivity index (χ1v) is 8.19. The summed E-state index contributed by atoms with van der Waals surface area (Å²) in [7, 11) is 0. The van der Waals surface area contributed by atoms with E-state index in [0.717, 1.165) is 52.1 Å². The highest BCUT2D eigenvalue weighted by atomic mass is 16.2. The maximum atomic E-state index is 12.7. The van der Waals surface area contributed by atoms with E-state index in [9.17, 15) is 4.79 Å². The summed E-state index contributed by atoms with van der Waals surface area (Å²) >= 11 is 0. The predicted molar refractivity (Wildman–Crippen MR) is 80.5 cm³/mol. The summed E-state index contributed by atoms with van der Waals surface area (Å²) in [6, 6.07) is 0. The largest absolute Gasteiger partial charge is 0.342 e. The quantitative estimate of drug-likeness (QED) is 0.783. The monoisotopic (exact) mass is 279 g/mol.